The first-order valence-corrected chi connectivity index (χ1v) is 8.80. The summed E-state index contributed by atoms with van der Waals surface area (Å²) >= 11 is 0. The summed E-state index contributed by atoms with van der Waals surface area (Å²) in [6, 6.07) is 0.250. The molecule has 0 heterocycles. The van der Waals surface area contributed by atoms with Gasteiger partial charge < -0.3 is 10.6 Å². The van der Waals surface area contributed by atoms with Gasteiger partial charge in [0.15, 0.2) is 5.78 Å². The fourth-order valence-corrected chi connectivity index (χ4v) is 2.32. The first-order valence-electron chi connectivity index (χ1n) is 8.80. The summed E-state index contributed by atoms with van der Waals surface area (Å²) < 4.78 is 0. The zero-order valence-corrected chi connectivity index (χ0v) is 15.4. The number of amides is 1. The Morgan fingerprint density at radius 2 is 1.55 bits per heavy atom. The predicted molar refractivity (Wildman–Crippen MR) is 92.8 cm³/mol. The van der Waals surface area contributed by atoms with E-state index in [4.69, 9.17) is 0 Å². The summed E-state index contributed by atoms with van der Waals surface area (Å²) in [5.74, 6) is 1.06. The van der Waals surface area contributed by atoms with Crippen LogP contribution in [-0.2, 0) is 9.59 Å². The Bertz CT molecular complexity index is 325. The van der Waals surface area contributed by atoms with Crippen molar-refractivity contribution in [2.24, 2.45) is 11.8 Å². The molecule has 0 radical (unpaired) electrons. The third-order valence-corrected chi connectivity index (χ3v) is 3.64. The van der Waals surface area contributed by atoms with Crippen LogP contribution in [0.5, 0.6) is 0 Å². The first kappa shape index (κ1) is 21.1. The fourth-order valence-electron chi connectivity index (χ4n) is 2.32. The standard InChI is InChI=1S/C18H36N2O2/c1-13(2)10-11-17(21)19-12-8-7-9-16(20-15(5)6)18(22)14(3)4/h13-16,20H,7-12H2,1-6H3,(H,19,21)/t16-/m0/s1. The Kier molecular flexibility index (Phi) is 11.2. The summed E-state index contributed by atoms with van der Waals surface area (Å²) in [6.45, 7) is 13.0. The van der Waals surface area contributed by atoms with E-state index in [2.05, 4.69) is 38.3 Å². The third kappa shape index (κ3) is 10.8. The van der Waals surface area contributed by atoms with Crippen molar-refractivity contribution >= 4 is 11.7 Å². The van der Waals surface area contributed by atoms with E-state index in [9.17, 15) is 9.59 Å². The lowest BCUT2D eigenvalue weighted by Gasteiger charge is -2.22. The van der Waals surface area contributed by atoms with Crippen molar-refractivity contribution in [2.75, 3.05) is 6.54 Å². The molecule has 0 aliphatic carbocycles. The maximum atomic E-state index is 12.2. The van der Waals surface area contributed by atoms with Crippen LogP contribution in [0.15, 0.2) is 0 Å². The molecular formula is C18H36N2O2. The second kappa shape index (κ2) is 11.6. The molecule has 4 heteroatoms. The van der Waals surface area contributed by atoms with Crippen LogP contribution in [0.25, 0.3) is 0 Å². The normalized spacial score (nSPS) is 13.0. The Balaban J connectivity index is 3.93. The van der Waals surface area contributed by atoms with Crippen molar-refractivity contribution in [1.82, 2.24) is 10.6 Å². The summed E-state index contributed by atoms with van der Waals surface area (Å²) in [6.07, 6.45) is 4.27. The molecule has 0 bridgehead atoms. The van der Waals surface area contributed by atoms with Crippen LogP contribution in [0.3, 0.4) is 0 Å². The predicted octanol–water partition coefficient (Wildman–Crippen LogP) is 3.30. The minimum atomic E-state index is -0.0587. The molecule has 4 nitrogen and oxygen atoms in total. The largest absolute Gasteiger partial charge is 0.356 e. The molecule has 0 fully saturated rings. The molecular weight excluding hydrogens is 276 g/mol. The molecule has 0 unspecified atom stereocenters. The van der Waals surface area contributed by atoms with Crippen molar-refractivity contribution in [3.63, 3.8) is 0 Å². The number of hydrogen-bond donors (Lipinski definition) is 2. The highest BCUT2D eigenvalue weighted by atomic mass is 16.1. The minimum Gasteiger partial charge on any atom is -0.356 e. The van der Waals surface area contributed by atoms with E-state index in [-0.39, 0.29) is 23.7 Å². The topological polar surface area (TPSA) is 58.2 Å². The highest BCUT2D eigenvalue weighted by molar-refractivity contribution is 5.85. The van der Waals surface area contributed by atoms with Gasteiger partial charge in [-0.3, -0.25) is 9.59 Å². The van der Waals surface area contributed by atoms with Gasteiger partial charge >= 0.3 is 0 Å². The van der Waals surface area contributed by atoms with Crippen molar-refractivity contribution in [2.45, 2.75) is 85.7 Å². The molecule has 2 N–H and O–H groups in total. The molecule has 1 atom stereocenters. The van der Waals surface area contributed by atoms with Crippen LogP contribution in [0, 0.1) is 11.8 Å². The van der Waals surface area contributed by atoms with E-state index in [1.807, 2.05) is 13.8 Å². The number of hydrogen-bond acceptors (Lipinski definition) is 3. The molecule has 0 aliphatic heterocycles. The van der Waals surface area contributed by atoms with Crippen LogP contribution >= 0.6 is 0 Å². The van der Waals surface area contributed by atoms with Gasteiger partial charge in [-0.2, -0.15) is 0 Å². The van der Waals surface area contributed by atoms with E-state index >= 15 is 0 Å². The Labute approximate surface area is 136 Å². The molecule has 0 aromatic carbocycles. The molecule has 130 valence electrons. The summed E-state index contributed by atoms with van der Waals surface area (Å²) in [7, 11) is 0. The van der Waals surface area contributed by atoms with Gasteiger partial charge in [0.25, 0.3) is 0 Å². The number of unbranched alkanes of at least 4 members (excludes halogenated alkanes) is 1. The quantitative estimate of drug-likeness (QED) is 0.544. The molecule has 0 saturated carbocycles. The highest BCUT2D eigenvalue weighted by Gasteiger charge is 2.21. The Hall–Kier alpha value is -0.900. The number of carbonyl (C=O) groups excluding carboxylic acids is 2. The van der Waals surface area contributed by atoms with Crippen LogP contribution in [-0.4, -0.2) is 30.3 Å². The van der Waals surface area contributed by atoms with Gasteiger partial charge in [0, 0.05) is 24.9 Å². The monoisotopic (exact) mass is 312 g/mol. The molecule has 0 rings (SSSR count). The summed E-state index contributed by atoms with van der Waals surface area (Å²) in [4.78, 5) is 23.8. The average Bonchev–Trinajstić information content (AvgIpc) is 2.42. The number of rotatable bonds is 12. The number of carbonyl (C=O) groups is 2. The maximum Gasteiger partial charge on any atom is 0.220 e. The molecule has 0 spiro atoms. The van der Waals surface area contributed by atoms with Gasteiger partial charge in [-0.15, -0.1) is 0 Å². The van der Waals surface area contributed by atoms with Crippen LogP contribution in [0.2, 0.25) is 0 Å². The van der Waals surface area contributed by atoms with E-state index in [1.54, 1.807) is 0 Å². The van der Waals surface area contributed by atoms with E-state index in [1.165, 1.54) is 0 Å². The molecule has 0 saturated heterocycles. The third-order valence-electron chi connectivity index (χ3n) is 3.64. The highest BCUT2D eigenvalue weighted by Crippen LogP contribution is 2.09. The minimum absolute atomic E-state index is 0.0587. The first-order chi connectivity index (χ1) is 10.2. The molecule has 0 aromatic rings. The summed E-state index contributed by atoms with van der Waals surface area (Å²) in [5.41, 5.74) is 0. The lowest BCUT2D eigenvalue weighted by Crippen LogP contribution is -2.42. The second-order valence-electron chi connectivity index (χ2n) is 7.21. The lowest BCUT2D eigenvalue weighted by molar-refractivity contribution is -0.124. The van der Waals surface area contributed by atoms with Crippen molar-refractivity contribution < 1.29 is 9.59 Å². The Morgan fingerprint density at radius 3 is 2.05 bits per heavy atom. The second-order valence-corrected chi connectivity index (χ2v) is 7.21. The molecule has 1 amide bonds. The number of nitrogens with one attached hydrogen (secondary N) is 2. The number of Topliss-reactive ketones (excluding diaryl/α,β-unsaturated/α-hetero) is 1. The zero-order chi connectivity index (χ0) is 17.1. The van der Waals surface area contributed by atoms with Crippen molar-refractivity contribution in [1.29, 1.82) is 0 Å². The van der Waals surface area contributed by atoms with Gasteiger partial charge in [0.2, 0.25) is 5.91 Å². The Morgan fingerprint density at radius 1 is 0.909 bits per heavy atom. The molecule has 0 aromatic heterocycles. The van der Waals surface area contributed by atoms with Crippen LogP contribution < -0.4 is 10.6 Å². The molecule has 0 aliphatic rings. The maximum absolute atomic E-state index is 12.2. The van der Waals surface area contributed by atoms with Gasteiger partial charge in [-0.05, 0) is 31.6 Å². The van der Waals surface area contributed by atoms with Crippen LogP contribution in [0.1, 0.15) is 73.6 Å². The van der Waals surface area contributed by atoms with E-state index in [0.29, 0.717) is 24.9 Å². The van der Waals surface area contributed by atoms with E-state index in [0.717, 1.165) is 25.7 Å². The average molecular weight is 312 g/mol. The lowest BCUT2D eigenvalue weighted by atomic mass is 9.96. The van der Waals surface area contributed by atoms with Gasteiger partial charge in [-0.25, -0.2) is 0 Å². The fraction of sp³-hybridized carbons (Fsp3) is 0.889. The van der Waals surface area contributed by atoms with Crippen molar-refractivity contribution in [3.05, 3.63) is 0 Å². The zero-order valence-electron chi connectivity index (χ0n) is 15.4. The van der Waals surface area contributed by atoms with E-state index < -0.39 is 0 Å². The van der Waals surface area contributed by atoms with Crippen molar-refractivity contribution in [3.8, 4) is 0 Å². The van der Waals surface area contributed by atoms with Crippen LogP contribution in [0.4, 0.5) is 0 Å². The van der Waals surface area contributed by atoms with Gasteiger partial charge in [0.05, 0.1) is 6.04 Å². The molecule has 22 heavy (non-hydrogen) atoms. The SMILES string of the molecule is CC(C)CCC(=O)NCCCC[C@H](NC(C)C)C(=O)C(C)C. The van der Waals surface area contributed by atoms with Gasteiger partial charge in [-0.1, -0.05) is 41.5 Å². The van der Waals surface area contributed by atoms with Gasteiger partial charge in [0.1, 0.15) is 0 Å². The number of ketones is 1. The summed E-state index contributed by atoms with van der Waals surface area (Å²) in [5, 5.41) is 6.32. The smallest absolute Gasteiger partial charge is 0.220 e.